The summed E-state index contributed by atoms with van der Waals surface area (Å²) in [6.07, 6.45) is 4.11. The Labute approximate surface area is 107 Å². The first-order chi connectivity index (χ1) is 8.60. The molecule has 3 rings (SSSR count). The molecule has 1 aromatic rings. The predicted octanol–water partition coefficient (Wildman–Crippen LogP) is 3.05. The van der Waals surface area contributed by atoms with Crippen LogP contribution in [0, 0.1) is 18.8 Å². The third-order valence-electron chi connectivity index (χ3n) is 4.65. The molecule has 1 aromatic carbocycles. The van der Waals surface area contributed by atoms with Gasteiger partial charge >= 0.3 is 5.97 Å². The summed E-state index contributed by atoms with van der Waals surface area (Å²) < 4.78 is 0. The van der Waals surface area contributed by atoms with Crippen LogP contribution in [0.3, 0.4) is 0 Å². The molecule has 0 spiro atoms. The molecule has 0 aliphatic heterocycles. The van der Waals surface area contributed by atoms with E-state index in [-0.39, 0.29) is 0 Å². The molecule has 96 valence electrons. The molecular weight excluding hydrogens is 226 g/mol. The van der Waals surface area contributed by atoms with Crippen molar-refractivity contribution in [1.82, 2.24) is 0 Å². The minimum Gasteiger partial charge on any atom is -0.479 e. The van der Waals surface area contributed by atoms with E-state index in [1.54, 1.807) is 0 Å². The first-order valence-corrected chi connectivity index (χ1v) is 6.68. The molecule has 2 saturated carbocycles. The Morgan fingerprint density at radius 2 is 2.06 bits per heavy atom. The standard InChI is InChI=1S/C15H19NO2/c1-10-2-6-13(7-3-10)16-15(14(17)18)9-11-4-5-12(15)8-11/h2-3,6-7,11-12,16H,4-5,8-9H2,1H3,(H,17,18). The molecule has 2 N–H and O–H groups in total. The molecular formula is C15H19NO2. The second kappa shape index (κ2) is 4.01. The number of rotatable bonds is 3. The molecule has 3 unspecified atom stereocenters. The van der Waals surface area contributed by atoms with Gasteiger partial charge in [0.05, 0.1) is 0 Å². The first-order valence-electron chi connectivity index (χ1n) is 6.68. The number of aliphatic carboxylic acids is 1. The van der Waals surface area contributed by atoms with Gasteiger partial charge in [-0.05, 0) is 56.6 Å². The molecule has 3 heteroatoms. The van der Waals surface area contributed by atoms with Crippen molar-refractivity contribution in [2.45, 2.75) is 38.1 Å². The number of benzene rings is 1. The predicted molar refractivity (Wildman–Crippen MR) is 70.6 cm³/mol. The van der Waals surface area contributed by atoms with Gasteiger partial charge in [-0.2, -0.15) is 0 Å². The Bertz CT molecular complexity index is 468. The van der Waals surface area contributed by atoms with E-state index >= 15 is 0 Å². The fourth-order valence-electron chi connectivity index (χ4n) is 3.69. The van der Waals surface area contributed by atoms with Crippen LogP contribution >= 0.6 is 0 Å². The van der Waals surface area contributed by atoms with Gasteiger partial charge in [0.1, 0.15) is 5.54 Å². The first kappa shape index (κ1) is 11.6. The summed E-state index contributed by atoms with van der Waals surface area (Å²) in [7, 11) is 0. The van der Waals surface area contributed by atoms with Gasteiger partial charge < -0.3 is 10.4 Å². The number of hydrogen-bond acceptors (Lipinski definition) is 2. The second-order valence-corrected chi connectivity index (χ2v) is 5.85. The molecule has 2 bridgehead atoms. The highest BCUT2D eigenvalue weighted by atomic mass is 16.4. The summed E-state index contributed by atoms with van der Waals surface area (Å²) >= 11 is 0. The summed E-state index contributed by atoms with van der Waals surface area (Å²) in [5, 5.41) is 13.0. The molecule has 0 radical (unpaired) electrons. The SMILES string of the molecule is Cc1ccc(NC2(C(=O)O)CC3CCC2C3)cc1. The van der Waals surface area contributed by atoms with Crippen LogP contribution < -0.4 is 5.32 Å². The minimum absolute atomic E-state index is 0.293. The van der Waals surface area contributed by atoms with Crippen molar-refractivity contribution in [2.24, 2.45) is 11.8 Å². The van der Waals surface area contributed by atoms with Gasteiger partial charge in [0.25, 0.3) is 0 Å². The quantitative estimate of drug-likeness (QED) is 0.860. The van der Waals surface area contributed by atoms with Gasteiger partial charge in [-0.25, -0.2) is 4.79 Å². The molecule has 2 aliphatic carbocycles. The normalized spacial score (nSPS) is 33.6. The van der Waals surface area contributed by atoms with Crippen molar-refractivity contribution in [3.63, 3.8) is 0 Å². The van der Waals surface area contributed by atoms with Crippen LogP contribution in [0.15, 0.2) is 24.3 Å². The zero-order valence-corrected chi connectivity index (χ0v) is 10.6. The van der Waals surface area contributed by atoms with Gasteiger partial charge in [-0.15, -0.1) is 0 Å². The Kier molecular flexibility index (Phi) is 2.58. The topological polar surface area (TPSA) is 49.3 Å². The molecule has 18 heavy (non-hydrogen) atoms. The highest BCUT2D eigenvalue weighted by Crippen LogP contribution is 2.52. The zero-order chi connectivity index (χ0) is 12.8. The third-order valence-corrected chi connectivity index (χ3v) is 4.65. The van der Waals surface area contributed by atoms with Crippen LogP contribution in [0.4, 0.5) is 5.69 Å². The summed E-state index contributed by atoms with van der Waals surface area (Å²) in [5.74, 6) is 0.209. The van der Waals surface area contributed by atoms with Gasteiger partial charge in [0, 0.05) is 5.69 Å². The van der Waals surface area contributed by atoms with Crippen LogP contribution in [-0.2, 0) is 4.79 Å². The lowest BCUT2D eigenvalue weighted by molar-refractivity contribution is -0.144. The van der Waals surface area contributed by atoms with Crippen molar-refractivity contribution in [2.75, 3.05) is 5.32 Å². The summed E-state index contributed by atoms with van der Waals surface area (Å²) in [6.45, 7) is 2.04. The Balaban J connectivity index is 1.88. The van der Waals surface area contributed by atoms with E-state index in [1.807, 2.05) is 31.2 Å². The maximum absolute atomic E-state index is 11.7. The highest BCUT2D eigenvalue weighted by molar-refractivity contribution is 5.84. The van der Waals surface area contributed by atoms with Crippen molar-refractivity contribution in [3.05, 3.63) is 29.8 Å². The lowest BCUT2D eigenvalue weighted by Gasteiger charge is -2.35. The van der Waals surface area contributed by atoms with Crippen molar-refractivity contribution < 1.29 is 9.90 Å². The van der Waals surface area contributed by atoms with Gasteiger partial charge in [0.2, 0.25) is 0 Å². The van der Waals surface area contributed by atoms with E-state index in [0.717, 1.165) is 24.9 Å². The Hall–Kier alpha value is -1.51. The van der Waals surface area contributed by atoms with Crippen LogP contribution in [-0.4, -0.2) is 16.6 Å². The fraction of sp³-hybridized carbons (Fsp3) is 0.533. The molecule has 2 aliphatic rings. The number of anilines is 1. The second-order valence-electron chi connectivity index (χ2n) is 5.85. The molecule has 3 atom stereocenters. The Morgan fingerprint density at radius 1 is 1.33 bits per heavy atom. The Morgan fingerprint density at radius 3 is 2.56 bits per heavy atom. The minimum atomic E-state index is -0.724. The van der Waals surface area contributed by atoms with Crippen LogP contribution in [0.2, 0.25) is 0 Å². The molecule has 0 aromatic heterocycles. The van der Waals surface area contributed by atoms with Gasteiger partial charge in [-0.3, -0.25) is 0 Å². The van der Waals surface area contributed by atoms with Crippen molar-refractivity contribution in [1.29, 1.82) is 0 Å². The van der Waals surface area contributed by atoms with E-state index in [2.05, 4.69) is 5.32 Å². The van der Waals surface area contributed by atoms with E-state index in [0.29, 0.717) is 11.8 Å². The van der Waals surface area contributed by atoms with Crippen LogP contribution in [0.5, 0.6) is 0 Å². The average Bonchev–Trinajstić information content (AvgIpc) is 2.93. The number of fused-ring (bicyclic) bond motifs is 2. The number of aryl methyl sites for hydroxylation is 1. The highest BCUT2D eigenvalue weighted by Gasteiger charge is 2.56. The van der Waals surface area contributed by atoms with E-state index in [9.17, 15) is 9.90 Å². The molecule has 0 amide bonds. The molecule has 0 saturated heterocycles. The maximum atomic E-state index is 11.7. The molecule has 3 nitrogen and oxygen atoms in total. The molecule has 2 fully saturated rings. The zero-order valence-electron chi connectivity index (χ0n) is 10.6. The summed E-state index contributed by atoms with van der Waals surface area (Å²) in [4.78, 5) is 11.7. The largest absolute Gasteiger partial charge is 0.479 e. The number of hydrogen-bond donors (Lipinski definition) is 2. The monoisotopic (exact) mass is 245 g/mol. The van der Waals surface area contributed by atoms with E-state index in [1.165, 1.54) is 12.0 Å². The maximum Gasteiger partial charge on any atom is 0.329 e. The van der Waals surface area contributed by atoms with E-state index in [4.69, 9.17) is 0 Å². The van der Waals surface area contributed by atoms with Crippen LogP contribution in [0.1, 0.15) is 31.2 Å². The fourth-order valence-corrected chi connectivity index (χ4v) is 3.69. The lowest BCUT2D eigenvalue weighted by Crippen LogP contribution is -2.50. The van der Waals surface area contributed by atoms with Gasteiger partial charge in [-0.1, -0.05) is 17.7 Å². The molecule has 0 heterocycles. The lowest BCUT2D eigenvalue weighted by atomic mass is 9.80. The third kappa shape index (κ3) is 1.69. The average molecular weight is 245 g/mol. The summed E-state index contributed by atoms with van der Waals surface area (Å²) in [6, 6.07) is 7.99. The van der Waals surface area contributed by atoms with Crippen molar-refractivity contribution >= 4 is 11.7 Å². The smallest absolute Gasteiger partial charge is 0.329 e. The van der Waals surface area contributed by atoms with Gasteiger partial charge in [0.15, 0.2) is 0 Å². The van der Waals surface area contributed by atoms with Crippen molar-refractivity contribution in [3.8, 4) is 0 Å². The van der Waals surface area contributed by atoms with E-state index < -0.39 is 11.5 Å². The summed E-state index contributed by atoms with van der Waals surface area (Å²) in [5.41, 5.74) is 1.39. The number of carboxylic acids is 1. The number of carboxylic acid groups (broad SMARTS) is 1. The van der Waals surface area contributed by atoms with Crippen LogP contribution in [0.25, 0.3) is 0 Å². The number of carbonyl (C=O) groups is 1. The number of nitrogens with one attached hydrogen (secondary N) is 1.